The van der Waals surface area contributed by atoms with Gasteiger partial charge in [-0.25, -0.2) is 22.5 Å². The Balaban J connectivity index is 1.91. The van der Waals surface area contributed by atoms with Crippen molar-refractivity contribution in [1.82, 2.24) is 4.98 Å². The molecule has 0 bridgehead atoms. The molecular formula is C21H21F4N3O2. The Morgan fingerprint density at radius 1 is 1.37 bits per heavy atom. The molecule has 0 saturated carbocycles. The summed E-state index contributed by atoms with van der Waals surface area (Å²) in [5, 5.41) is 0. The highest BCUT2D eigenvalue weighted by Gasteiger charge is 2.49. The van der Waals surface area contributed by atoms with E-state index in [1.54, 1.807) is 0 Å². The predicted octanol–water partition coefficient (Wildman–Crippen LogP) is 3.84. The minimum Gasteiger partial charge on any atom is -0.495 e. The van der Waals surface area contributed by atoms with Gasteiger partial charge in [-0.15, -0.1) is 0 Å². The largest absolute Gasteiger partial charge is 0.495 e. The molecule has 0 aliphatic carbocycles. The highest BCUT2D eigenvalue weighted by molar-refractivity contribution is 5.95. The van der Waals surface area contributed by atoms with Crippen molar-refractivity contribution in [2.45, 2.75) is 44.1 Å². The molecule has 5 nitrogen and oxygen atoms in total. The molecule has 2 heterocycles. The van der Waals surface area contributed by atoms with Gasteiger partial charge in [-0.2, -0.15) is 0 Å². The molecular weight excluding hydrogens is 402 g/mol. The number of halogens is 4. The number of methoxy groups -OCH3 is 1. The molecule has 9 heteroatoms. The minimum atomic E-state index is -2.69. The van der Waals surface area contributed by atoms with Gasteiger partial charge < -0.3 is 10.5 Å². The van der Waals surface area contributed by atoms with E-state index in [9.17, 15) is 22.4 Å². The van der Waals surface area contributed by atoms with E-state index in [0.29, 0.717) is 0 Å². The van der Waals surface area contributed by atoms with Crippen LogP contribution in [0.1, 0.15) is 46.0 Å². The first-order chi connectivity index (χ1) is 15.1. The molecule has 1 aromatic heterocycles. The SMILES string of the molecule is [2H]C([2H])([2H])Oc1ccc(C(=O)Cc2cc(F)c(F)c([C@@]3(C)N=C(N)[C@@](C)(F)C[C@@H]3F)c2)nc1. The summed E-state index contributed by atoms with van der Waals surface area (Å²) in [7, 11) is -2.69. The van der Waals surface area contributed by atoms with Crippen LogP contribution in [0.15, 0.2) is 35.5 Å². The lowest BCUT2D eigenvalue weighted by molar-refractivity contribution is 0.0987. The van der Waals surface area contributed by atoms with Crippen LogP contribution in [0.2, 0.25) is 0 Å². The molecule has 2 N–H and O–H groups in total. The minimum absolute atomic E-state index is 0.00861. The topological polar surface area (TPSA) is 77.6 Å². The third kappa shape index (κ3) is 3.88. The molecule has 0 unspecified atom stereocenters. The van der Waals surface area contributed by atoms with Gasteiger partial charge in [-0.05, 0) is 43.7 Å². The van der Waals surface area contributed by atoms with E-state index in [1.165, 1.54) is 19.1 Å². The number of aliphatic imine (C=N–C) groups is 1. The molecule has 0 saturated heterocycles. The second-order valence-corrected chi connectivity index (χ2v) is 7.53. The second-order valence-electron chi connectivity index (χ2n) is 7.53. The molecule has 0 radical (unpaired) electrons. The number of Topliss-reactive ketones (excluding diaryl/α,β-unsaturated/α-hetero) is 1. The van der Waals surface area contributed by atoms with Crippen LogP contribution >= 0.6 is 0 Å². The van der Waals surface area contributed by atoms with Gasteiger partial charge in [-0.1, -0.05) is 0 Å². The van der Waals surface area contributed by atoms with Crippen molar-refractivity contribution < 1.29 is 31.2 Å². The lowest BCUT2D eigenvalue weighted by Gasteiger charge is -2.39. The molecule has 1 aromatic carbocycles. The lowest BCUT2D eigenvalue weighted by atomic mass is 9.78. The summed E-state index contributed by atoms with van der Waals surface area (Å²) in [6.07, 6.45) is -2.09. The second kappa shape index (κ2) is 7.70. The van der Waals surface area contributed by atoms with Gasteiger partial charge >= 0.3 is 0 Å². The van der Waals surface area contributed by atoms with E-state index >= 15 is 0 Å². The summed E-state index contributed by atoms with van der Waals surface area (Å²) in [6, 6.07) is 4.32. The number of carbonyl (C=O) groups excluding carboxylic acids is 1. The van der Waals surface area contributed by atoms with Crippen molar-refractivity contribution in [2.75, 3.05) is 7.04 Å². The van der Waals surface area contributed by atoms with Crippen LogP contribution < -0.4 is 10.5 Å². The van der Waals surface area contributed by atoms with Crippen LogP contribution in [0.4, 0.5) is 17.6 Å². The Kier molecular flexibility index (Phi) is 4.58. The van der Waals surface area contributed by atoms with Crippen molar-refractivity contribution >= 4 is 11.6 Å². The van der Waals surface area contributed by atoms with Gasteiger partial charge in [0.15, 0.2) is 23.1 Å². The third-order valence-corrected chi connectivity index (χ3v) is 5.20. The number of ketones is 1. The van der Waals surface area contributed by atoms with E-state index in [1.807, 2.05) is 0 Å². The van der Waals surface area contributed by atoms with Gasteiger partial charge in [-0.3, -0.25) is 9.79 Å². The maximum absolute atomic E-state index is 14.9. The maximum atomic E-state index is 14.9. The molecule has 1 aliphatic rings. The van der Waals surface area contributed by atoms with Crippen molar-refractivity contribution in [2.24, 2.45) is 10.7 Å². The van der Waals surface area contributed by atoms with Crippen LogP contribution in [0.3, 0.4) is 0 Å². The molecule has 30 heavy (non-hydrogen) atoms. The number of pyridine rings is 1. The number of amidine groups is 1. The predicted molar refractivity (Wildman–Crippen MR) is 103 cm³/mol. The van der Waals surface area contributed by atoms with E-state index < -0.39 is 66.1 Å². The van der Waals surface area contributed by atoms with Crippen molar-refractivity contribution in [3.63, 3.8) is 0 Å². The van der Waals surface area contributed by atoms with Gasteiger partial charge in [0.25, 0.3) is 0 Å². The first-order valence-electron chi connectivity index (χ1n) is 10.5. The summed E-state index contributed by atoms with van der Waals surface area (Å²) in [4.78, 5) is 20.2. The summed E-state index contributed by atoms with van der Waals surface area (Å²) in [5.41, 5.74) is 0.810. The number of hydrogen-bond acceptors (Lipinski definition) is 5. The van der Waals surface area contributed by atoms with Crippen molar-refractivity contribution in [3.05, 3.63) is 58.9 Å². The number of aromatic nitrogens is 1. The van der Waals surface area contributed by atoms with E-state index in [4.69, 9.17) is 9.85 Å². The van der Waals surface area contributed by atoms with Crippen LogP contribution in [0.25, 0.3) is 0 Å². The zero-order valence-corrected chi connectivity index (χ0v) is 16.2. The van der Waals surface area contributed by atoms with E-state index in [2.05, 4.69) is 14.7 Å². The van der Waals surface area contributed by atoms with Crippen LogP contribution in [0, 0.1) is 11.6 Å². The Morgan fingerprint density at radius 3 is 2.73 bits per heavy atom. The highest BCUT2D eigenvalue weighted by Crippen LogP contribution is 2.42. The molecule has 0 spiro atoms. The number of nitrogens with two attached hydrogens (primary N) is 1. The molecule has 160 valence electrons. The molecule has 0 fully saturated rings. The standard InChI is InChI=1S/C21H21F4N3O2/c1-20(25)9-17(23)21(2,28-19(20)26)13-6-11(7-14(22)18(13)24)8-16(29)15-5-4-12(30-3)10-27-15/h4-7,10,17H,8-9H2,1-3H3,(H2,26,28)/t17-,20-,21+/m0/s1/i3D3. The lowest BCUT2D eigenvalue weighted by Crippen LogP contribution is -2.51. The molecule has 3 rings (SSSR count). The average molecular weight is 426 g/mol. The van der Waals surface area contributed by atoms with E-state index in [-0.39, 0.29) is 17.0 Å². The Labute approximate surface area is 175 Å². The summed E-state index contributed by atoms with van der Waals surface area (Å²) in [6.45, 7) is 2.22. The quantitative estimate of drug-likeness (QED) is 0.582. The molecule has 2 aromatic rings. The molecule has 0 amide bonds. The van der Waals surface area contributed by atoms with E-state index in [0.717, 1.165) is 25.3 Å². The molecule has 1 aliphatic heterocycles. The first kappa shape index (κ1) is 17.9. The Hall–Kier alpha value is -2.97. The van der Waals surface area contributed by atoms with Crippen molar-refractivity contribution in [1.29, 1.82) is 0 Å². The van der Waals surface area contributed by atoms with Crippen LogP contribution in [0.5, 0.6) is 5.75 Å². The van der Waals surface area contributed by atoms with Crippen molar-refractivity contribution in [3.8, 4) is 5.75 Å². The summed E-state index contributed by atoms with van der Waals surface area (Å²) >= 11 is 0. The number of carbonyl (C=O) groups is 1. The number of benzene rings is 1. The normalized spacial score (nSPS) is 28.1. The number of hydrogen-bond donors (Lipinski definition) is 1. The van der Waals surface area contributed by atoms with Gasteiger partial charge in [0, 0.05) is 18.4 Å². The van der Waals surface area contributed by atoms with Gasteiger partial charge in [0.2, 0.25) is 0 Å². The number of rotatable bonds is 5. The zero-order valence-electron chi connectivity index (χ0n) is 19.2. The van der Waals surface area contributed by atoms with Gasteiger partial charge in [0.05, 0.1) is 17.3 Å². The maximum Gasteiger partial charge on any atom is 0.185 e. The van der Waals surface area contributed by atoms with Crippen LogP contribution in [-0.2, 0) is 12.0 Å². The average Bonchev–Trinajstić information content (AvgIpc) is 2.68. The Morgan fingerprint density at radius 2 is 2.10 bits per heavy atom. The zero-order chi connectivity index (χ0) is 24.8. The fourth-order valence-electron chi connectivity index (χ4n) is 3.30. The molecule has 3 atom stereocenters. The smallest absolute Gasteiger partial charge is 0.185 e. The monoisotopic (exact) mass is 426 g/mol. The number of nitrogens with zero attached hydrogens (tertiary/aromatic N) is 2. The fourth-order valence-corrected chi connectivity index (χ4v) is 3.30. The highest BCUT2D eigenvalue weighted by atomic mass is 19.2. The van der Waals surface area contributed by atoms with Gasteiger partial charge in [0.1, 0.15) is 29.0 Å². The number of ether oxygens (including phenoxy) is 1. The number of alkyl halides is 2. The Bertz CT molecular complexity index is 1110. The first-order valence-corrected chi connectivity index (χ1v) is 8.98. The third-order valence-electron chi connectivity index (χ3n) is 5.20. The van der Waals surface area contributed by atoms with Crippen LogP contribution in [-0.4, -0.2) is 35.5 Å². The fraction of sp³-hybridized carbons (Fsp3) is 0.381. The summed E-state index contributed by atoms with van der Waals surface area (Å²) in [5.74, 6) is -3.93. The summed E-state index contributed by atoms with van der Waals surface area (Å²) < 4.78 is 84.1.